The first-order chi connectivity index (χ1) is 31.8. The zero-order valence-corrected chi connectivity index (χ0v) is 39.6. The highest BCUT2D eigenvalue weighted by Crippen LogP contribution is 2.55. The first kappa shape index (κ1) is 50.2. The maximum atomic E-state index is 14.6. The number of allylic oxidation sites excluding steroid dienone is 2. The molecule has 7 rings (SSSR count). The minimum atomic E-state index is -2.06. The number of anilines is 1. The number of benzene rings is 3. The monoisotopic (exact) mass is 924 g/mol. The van der Waals surface area contributed by atoms with E-state index in [1.54, 1.807) is 44.9 Å². The van der Waals surface area contributed by atoms with Crippen LogP contribution in [0.2, 0.25) is 0 Å². The van der Waals surface area contributed by atoms with Crippen LogP contribution in [-0.2, 0) is 23.8 Å². The second-order valence-corrected chi connectivity index (χ2v) is 17.9. The molecule has 1 amide bonds. The summed E-state index contributed by atoms with van der Waals surface area (Å²) in [7, 11) is 1.44. The van der Waals surface area contributed by atoms with E-state index in [0.29, 0.717) is 26.2 Å². The quantitative estimate of drug-likeness (QED) is 0.0652. The standard InChI is InChI=1S/C51H64N4O12/c1-28-15-13-16-29(2)50(63)53-41-36(27-52-55-24-22-54(23-25-55)21-14-19-35-17-11-10-12-18-35)45(60)38-39(46(41)61)44(59)33(6)48-40(38)49(62)51(8,67-48)65-26-20-37(64-9)30(3)47(66-34(7)56)32(5)43(58)31(4)42(28)57/h10-20,26-28,30-32,37,42-43,47,57-61H,21-25H2,1-9H3,(H,53,63)/b15-13+,19-14+,26-20+,29-16-,52-27+. The Morgan fingerprint density at radius 3 is 2.27 bits per heavy atom. The van der Waals surface area contributed by atoms with Crippen molar-refractivity contribution in [3.63, 3.8) is 0 Å². The van der Waals surface area contributed by atoms with Crippen molar-refractivity contribution in [3.8, 4) is 23.0 Å². The van der Waals surface area contributed by atoms with E-state index >= 15 is 0 Å². The molecule has 3 aromatic carbocycles. The van der Waals surface area contributed by atoms with Gasteiger partial charge in [0, 0.05) is 93.9 Å². The number of aromatic hydroxyl groups is 3. The van der Waals surface area contributed by atoms with E-state index in [2.05, 4.69) is 27.5 Å². The van der Waals surface area contributed by atoms with E-state index in [0.717, 1.165) is 12.1 Å². The Labute approximate surface area is 391 Å². The van der Waals surface area contributed by atoms with Gasteiger partial charge in [-0.1, -0.05) is 88.4 Å². The molecule has 0 radical (unpaired) electrons. The van der Waals surface area contributed by atoms with Gasteiger partial charge in [-0.3, -0.25) is 24.3 Å². The maximum absolute atomic E-state index is 14.6. The number of aliphatic hydroxyl groups is 2. The Morgan fingerprint density at radius 1 is 0.925 bits per heavy atom. The number of methoxy groups -OCH3 is 1. The highest BCUT2D eigenvalue weighted by Gasteiger charge is 2.50. The van der Waals surface area contributed by atoms with Crippen LogP contribution in [0, 0.1) is 30.6 Å². The molecule has 9 unspecified atom stereocenters. The first-order valence-corrected chi connectivity index (χ1v) is 22.6. The van der Waals surface area contributed by atoms with Crippen LogP contribution >= 0.6 is 0 Å². The van der Waals surface area contributed by atoms with Crippen LogP contribution in [0.1, 0.15) is 75.5 Å². The molecule has 1 fully saturated rings. The summed E-state index contributed by atoms with van der Waals surface area (Å²) in [5.41, 5.74) is 0.718. The number of piperazine rings is 1. The van der Waals surface area contributed by atoms with Gasteiger partial charge in [0.2, 0.25) is 0 Å². The summed E-state index contributed by atoms with van der Waals surface area (Å²) >= 11 is 0. The number of hydrogen-bond donors (Lipinski definition) is 6. The van der Waals surface area contributed by atoms with Gasteiger partial charge in [0.25, 0.3) is 11.7 Å². The Kier molecular flexibility index (Phi) is 15.9. The van der Waals surface area contributed by atoms with Gasteiger partial charge in [-0.2, -0.15) is 5.10 Å². The number of esters is 1. The summed E-state index contributed by atoms with van der Waals surface area (Å²) in [6, 6.07) is 10.0. The zero-order chi connectivity index (χ0) is 48.9. The summed E-state index contributed by atoms with van der Waals surface area (Å²) < 4.78 is 23.7. The number of amides is 1. The van der Waals surface area contributed by atoms with E-state index in [-0.39, 0.29) is 44.5 Å². The fraction of sp³-hybridized carbons (Fsp3) is 0.451. The number of ketones is 1. The molecular weight excluding hydrogens is 861 g/mol. The molecule has 0 aliphatic carbocycles. The third kappa shape index (κ3) is 10.7. The Balaban J connectivity index is 1.43. The molecule has 4 aliphatic rings. The van der Waals surface area contributed by atoms with Crippen molar-refractivity contribution in [1.82, 2.24) is 9.91 Å². The SMILES string of the molecule is COC1/C=C/OC2(C)Oc3c(C)c(O)c4c(O)c(c(/C=N/N5CCN(C/C=C/c6ccccc6)CC5)c(O)c4c3C2=O)NC(=O)/C(C)=C\C=C\C(C)C(O)C(C)C(O)C(C)C(OC(C)=O)C1C. The fourth-order valence-corrected chi connectivity index (χ4v) is 8.95. The number of rotatable bonds is 7. The smallest absolute Gasteiger partial charge is 0.312 e. The van der Waals surface area contributed by atoms with Crippen molar-refractivity contribution >= 4 is 46.4 Å². The predicted octanol–water partition coefficient (Wildman–Crippen LogP) is 6.42. The van der Waals surface area contributed by atoms with Crippen LogP contribution in [0.15, 0.2) is 77.6 Å². The Bertz CT molecular complexity index is 2480. The minimum Gasteiger partial charge on any atom is -0.507 e. The zero-order valence-electron chi connectivity index (χ0n) is 39.6. The number of fused-ring (bicyclic) bond motifs is 14. The molecular formula is C51H64N4O12. The predicted molar refractivity (Wildman–Crippen MR) is 255 cm³/mol. The molecule has 360 valence electrons. The summed E-state index contributed by atoms with van der Waals surface area (Å²) in [4.78, 5) is 43.1. The number of carbonyl (C=O) groups is 3. The van der Waals surface area contributed by atoms with Gasteiger partial charge < -0.3 is 49.8 Å². The number of nitrogens with one attached hydrogen (secondary N) is 1. The number of Topliss-reactive ketones (excluding diaryl/α,β-unsaturated/α-hetero) is 1. The lowest BCUT2D eigenvalue weighted by atomic mass is 9.78. The van der Waals surface area contributed by atoms with Crippen LogP contribution in [0.4, 0.5) is 5.69 Å². The number of aliphatic hydroxyl groups excluding tert-OH is 2. The molecule has 4 heterocycles. The van der Waals surface area contributed by atoms with Crippen molar-refractivity contribution in [2.75, 3.05) is 45.2 Å². The third-order valence-corrected chi connectivity index (χ3v) is 13.2. The molecule has 16 nitrogen and oxygen atoms in total. The van der Waals surface area contributed by atoms with Gasteiger partial charge in [0.15, 0.2) is 5.75 Å². The number of phenols is 3. The molecule has 0 saturated carbocycles. The number of ether oxygens (including phenoxy) is 4. The van der Waals surface area contributed by atoms with E-state index in [4.69, 9.17) is 18.9 Å². The maximum Gasteiger partial charge on any atom is 0.312 e. The summed E-state index contributed by atoms with van der Waals surface area (Å²) in [5.74, 6) is -8.44. The molecule has 0 aromatic heterocycles. The lowest BCUT2D eigenvalue weighted by molar-refractivity contribution is -0.160. The highest BCUT2D eigenvalue weighted by atomic mass is 16.7. The van der Waals surface area contributed by atoms with E-state index in [1.165, 1.54) is 59.4 Å². The normalized spacial score (nSPS) is 29.7. The highest BCUT2D eigenvalue weighted by molar-refractivity contribution is 6.23. The summed E-state index contributed by atoms with van der Waals surface area (Å²) in [5, 5.41) is 67.6. The van der Waals surface area contributed by atoms with Gasteiger partial charge >= 0.3 is 11.8 Å². The molecule has 3 aromatic rings. The van der Waals surface area contributed by atoms with Crippen LogP contribution < -0.4 is 10.1 Å². The average molecular weight is 925 g/mol. The summed E-state index contributed by atoms with van der Waals surface area (Å²) in [6.07, 6.45) is 9.03. The Morgan fingerprint density at radius 2 is 1.61 bits per heavy atom. The number of nitrogens with zero attached hydrogens (tertiary/aromatic N) is 3. The molecule has 5 bridgehead atoms. The molecule has 16 heteroatoms. The first-order valence-electron chi connectivity index (χ1n) is 22.6. The number of hydrogen-bond acceptors (Lipinski definition) is 15. The lowest BCUT2D eigenvalue weighted by Crippen LogP contribution is -2.46. The molecule has 6 N–H and O–H groups in total. The van der Waals surface area contributed by atoms with Crippen molar-refractivity contribution in [2.45, 2.75) is 85.6 Å². The molecule has 0 spiro atoms. The van der Waals surface area contributed by atoms with Crippen molar-refractivity contribution in [3.05, 3.63) is 94.8 Å². The molecule has 4 aliphatic heterocycles. The van der Waals surface area contributed by atoms with Crippen LogP contribution in [-0.4, -0.2) is 129 Å². The average Bonchev–Trinajstić information content (AvgIpc) is 3.57. The van der Waals surface area contributed by atoms with Gasteiger partial charge in [-0.25, -0.2) is 0 Å². The topological polar surface area (TPSA) is 220 Å². The molecule has 1 saturated heterocycles. The van der Waals surface area contributed by atoms with E-state index in [1.807, 2.05) is 30.3 Å². The van der Waals surface area contributed by atoms with Crippen LogP contribution in [0.3, 0.4) is 0 Å². The second kappa shape index (κ2) is 21.2. The fourth-order valence-electron chi connectivity index (χ4n) is 8.95. The second-order valence-electron chi connectivity index (χ2n) is 17.9. The van der Waals surface area contributed by atoms with E-state index in [9.17, 15) is 39.9 Å². The summed E-state index contributed by atoms with van der Waals surface area (Å²) in [6.45, 7) is 15.7. The third-order valence-electron chi connectivity index (χ3n) is 13.2. The molecule has 67 heavy (non-hydrogen) atoms. The van der Waals surface area contributed by atoms with Crippen LogP contribution in [0.5, 0.6) is 23.0 Å². The Hall–Kier alpha value is -6.20. The van der Waals surface area contributed by atoms with E-state index < -0.39 is 88.8 Å². The van der Waals surface area contributed by atoms with Crippen molar-refractivity contribution in [1.29, 1.82) is 0 Å². The number of phenolic OH excluding ortho intramolecular Hbond substituents is 3. The van der Waals surface area contributed by atoms with Gasteiger partial charge in [0.05, 0.1) is 53.0 Å². The largest absolute Gasteiger partial charge is 0.507 e. The minimum absolute atomic E-state index is 0.0504. The van der Waals surface area contributed by atoms with Gasteiger partial charge in [-0.05, 0) is 25.5 Å². The van der Waals surface area contributed by atoms with Gasteiger partial charge in [0.1, 0.15) is 23.4 Å². The number of carbonyl (C=O) groups excluding carboxylic acids is 3. The van der Waals surface area contributed by atoms with Crippen LogP contribution in [0.25, 0.3) is 16.8 Å². The number of hydrazone groups is 1. The van der Waals surface area contributed by atoms with Crippen molar-refractivity contribution in [2.24, 2.45) is 28.8 Å². The van der Waals surface area contributed by atoms with Gasteiger partial charge in [-0.15, -0.1) is 0 Å². The van der Waals surface area contributed by atoms with Crippen molar-refractivity contribution < 1.29 is 58.9 Å². The molecule has 9 atom stereocenters. The lowest BCUT2D eigenvalue weighted by Gasteiger charge is -2.38.